The molecule has 0 aliphatic carbocycles. The van der Waals surface area contributed by atoms with Gasteiger partial charge in [-0.2, -0.15) is 0 Å². The molecule has 1 aromatic heterocycles. The molecule has 2 aromatic rings. The lowest BCUT2D eigenvalue weighted by atomic mass is 10.1. The fourth-order valence-electron chi connectivity index (χ4n) is 2.10. The number of aromatic nitrogens is 2. The van der Waals surface area contributed by atoms with Crippen molar-refractivity contribution in [1.29, 1.82) is 0 Å². The first-order chi connectivity index (χ1) is 9.94. The maximum atomic E-state index is 12.1. The Balaban J connectivity index is 1.98. The Kier molecular flexibility index (Phi) is 3.36. The molecule has 3 rings (SSSR count). The third-order valence-electron chi connectivity index (χ3n) is 2.92. The molecular formula is C14H17N5OS. The summed E-state index contributed by atoms with van der Waals surface area (Å²) in [7, 11) is 0. The Morgan fingerprint density at radius 3 is 2.71 bits per heavy atom. The van der Waals surface area contributed by atoms with Crippen molar-refractivity contribution in [3.63, 3.8) is 0 Å². The predicted molar refractivity (Wildman–Crippen MR) is 88.2 cm³/mol. The third-order valence-corrected chi connectivity index (χ3v) is 3.78. The molecule has 1 aromatic carbocycles. The summed E-state index contributed by atoms with van der Waals surface area (Å²) in [6.07, 6.45) is 0. The first-order valence-electron chi connectivity index (χ1n) is 6.70. The number of hydrogen-bond donors (Lipinski definition) is 2. The number of benzene rings is 1. The molecule has 110 valence electrons. The number of imidazole rings is 1. The summed E-state index contributed by atoms with van der Waals surface area (Å²) in [6.45, 7) is 6.21. The third kappa shape index (κ3) is 2.87. The molecule has 1 aliphatic rings. The lowest BCUT2D eigenvalue weighted by molar-refractivity contribution is 0.515. The van der Waals surface area contributed by atoms with E-state index in [1.54, 1.807) is 16.3 Å². The standard InChI is InChI=1S/C14H17N5OS/c1-14(2,3)16-12-18-17-11(8-21-12)19-10-7-5-4-6-9(10)15-13(19)20/h4-7H,8H2,1-3H3,(H,15,20)(H,16,18). The summed E-state index contributed by atoms with van der Waals surface area (Å²) in [4.78, 5) is 14.9. The second kappa shape index (κ2) is 5.07. The van der Waals surface area contributed by atoms with Gasteiger partial charge in [-0.3, -0.25) is 0 Å². The quantitative estimate of drug-likeness (QED) is 0.781. The zero-order valence-corrected chi connectivity index (χ0v) is 13.0. The Morgan fingerprint density at radius 2 is 2.05 bits per heavy atom. The summed E-state index contributed by atoms with van der Waals surface area (Å²) in [5.74, 6) is 1.24. The molecule has 0 saturated carbocycles. The summed E-state index contributed by atoms with van der Waals surface area (Å²) in [5.41, 5.74) is 1.39. The molecule has 2 heterocycles. The largest absolute Gasteiger partial charge is 0.359 e. The van der Waals surface area contributed by atoms with Gasteiger partial charge < -0.3 is 10.3 Å². The van der Waals surface area contributed by atoms with Gasteiger partial charge in [0.1, 0.15) is 0 Å². The van der Waals surface area contributed by atoms with Gasteiger partial charge in [-0.1, -0.05) is 23.9 Å². The molecule has 0 unspecified atom stereocenters. The van der Waals surface area contributed by atoms with E-state index in [9.17, 15) is 4.79 Å². The van der Waals surface area contributed by atoms with E-state index in [1.165, 1.54) is 0 Å². The van der Waals surface area contributed by atoms with Crippen molar-refractivity contribution in [2.75, 3.05) is 5.75 Å². The van der Waals surface area contributed by atoms with Crippen LogP contribution in [0.25, 0.3) is 11.0 Å². The monoisotopic (exact) mass is 303 g/mol. The molecule has 7 heteroatoms. The van der Waals surface area contributed by atoms with Crippen molar-refractivity contribution in [2.45, 2.75) is 26.3 Å². The number of fused-ring (bicyclic) bond motifs is 1. The van der Waals surface area contributed by atoms with E-state index in [0.717, 1.165) is 16.2 Å². The van der Waals surface area contributed by atoms with Crippen molar-refractivity contribution in [2.24, 2.45) is 10.2 Å². The minimum atomic E-state index is -0.182. The fraction of sp³-hybridized carbons (Fsp3) is 0.357. The van der Waals surface area contributed by atoms with Gasteiger partial charge in [0.05, 0.1) is 16.8 Å². The van der Waals surface area contributed by atoms with Crippen LogP contribution in [0.3, 0.4) is 0 Å². The number of H-pyrrole nitrogens is 1. The highest BCUT2D eigenvalue weighted by Crippen LogP contribution is 2.16. The summed E-state index contributed by atoms with van der Waals surface area (Å²) in [6, 6.07) is 7.56. The smallest absolute Gasteiger partial charge is 0.332 e. The molecule has 21 heavy (non-hydrogen) atoms. The minimum absolute atomic E-state index is 0.0591. The first kappa shape index (κ1) is 13.9. The Bertz CT molecular complexity index is 794. The predicted octanol–water partition coefficient (Wildman–Crippen LogP) is 1.98. The normalized spacial score (nSPS) is 15.8. The maximum Gasteiger partial charge on any atom is 0.332 e. The topological polar surface area (TPSA) is 74.5 Å². The summed E-state index contributed by atoms with van der Waals surface area (Å²) < 4.78 is 1.58. The van der Waals surface area contributed by atoms with Gasteiger partial charge >= 0.3 is 5.69 Å². The Labute approximate surface area is 126 Å². The average molecular weight is 303 g/mol. The zero-order valence-electron chi connectivity index (χ0n) is 12.2. The second-order valence-corrected chi connectivity index (χ2v) is 6.83. The Hall–Kier alpha value is -2.02. The molecule has 2 N–H and O–H groups in total. The van der Waals surface area contributed by atoms with Crippen LogP contribution in [-0.2, 0) is 0 Å². The molecule has 0 saturated heterocycles. The SMILES string of the molecule is CC(C)(C)NC1=NN=C(n2c(=O)[nH]c3ccccc32)CS1. The van der Waals surface area contributed by atoms with E-state index in [1.807, 2.05) is 24.3 Å². The summed E-state index contributed by atoms with van der Waals surface area (Å²) in [5, 5.41) is 12.5. The molecule has 0 radical (unpaired) electrons. The Morgan fingerprint density at radius 1 is 1.29 bits per heavy atom. The molecule has 6 nitrogen and oxygen atoms in total. The molecule has 0 amide bonds. The minimum Gasteiger partial charge on any atom is -0.359 e. The van der Waals surface area contributed by atoms with Gasteiger partial charge in [0.15, 0.2) is 11.0 Å². The van der Waals surface area contributed by atoms with Crippen LogP contribution >= 0.6 is 11.8 Å². The van der Waals surface area contributed by atoms with Gasteiger partial charge in [0.25, 0.3) is 0 Å². The van der Waals surface area contributed by atoms with Crippen molar-refractivity contribution in [1.82, 2.24) is 14.9 Å². The number of nitrogens with zero attached hydrogens (tertiary/aromatic N) is 3. The van der Waals surface area contributed by atoms with E-state index in [4.69, 9.17) is 0 Å². The van der Waals surface area contributed by atoms with Crippen LogP contribution in [0.1, 0.15) is 20.8 Å². The van der Waals surface area contributed by atoms with E-state index in [2.05, 4.69) is 41.3 Å². The van der Waals surface area contributed by atoms with Crippen molar-refractivity contribution in [3.05, 3.63) is 34.7 Å². The highest BCUT2D eigenvalue weighted by atomic mass is 32.2. The second-order valence-electron chi connectivity index (χ2n) is 5.87. The highest BCUT2D eigenvalue weighted by molar-refractivity contribution is 8.14. The van der Waals surface area contributed by atoms with Crippen LogP contribution in [-0.4, -0.2) is 31.8 Å². The number of hydrogen-bond acceptors (Lipinski definition) is 5. The molecule has 0 fully saturated rings. The number of rotatable bonds is 0. The average Bonchev–Trinajstić information content (AvgIpc) is 2.74. The van der Waals surface area contributed by atoms with Crippen molar-refractivity contribution >= 4 is 33.8 Å². The summed E-state index contributed by atoms with van der Waals surface area (Å²) >= 11 is 1.55. The maximum absolute atomic E-state index is 12.1. The van der Waals surface area contributed by atoms with Crippen molar-refractivity contribution < 1.29 is 0 Å². The molecule has 0 atom stereocenters. The van der Waals surface area contributed by atoms with E-state index >= 15 is 0 Å². The van der Waals surface area contributed by atoms with Gasteiger partial charge in [-0.05, 0) is 32.9 Å². The number of nitrogens with one attached hydrogen (secondary N) is 2. The molecule has 0 bridgehead atoms. The van der Waals surface area contributed by atoms with Crippen LogP contribution in [0.4, 0.5) is 0 Å². The lowest BCUT2D eigenvalue weighted by Gasteiger charge is -2.23. The van der Waals surface area contributed by atoms with Gasteiger partial charge in [0.2, 0.25) is 0 Å². The van der Waals surface area contributed by atoms with E-state index in [0.29, 0.717) is 11.6 Å². The number of amidine groups is 1. The van der Waals surface area contributed by atoms with Crippen LogP contribution in [0.5, 0.6) is 0 Å². The zero-order chi connectivity index (χ0) is 15.0. The van der Waals surface area contributed by atoms with Gasteiger partial charge in [-0.15, -0.1) is 10.2 Å². The fourth-order valence-corrected chi connectivity index (χ4v) is 3.03. The van der Waals surface area contributed by atoms with Crippen molar-refractivity contribution in [3.8, 4) is 0 Å². The highest BCUT2D eigenvalue weighted by Gasteiger charge is 2.19. The van der Waals surface area contributed by atoms with Crippen LogP contribution < -0.4 is 11.0 Å². The van der Waals surface area contributed by atoms with Crippen LogP contribution in [0.15, 0.2) is 39.3 Å². The molecule has 0 spiro atoms. The van der Waals surface area contributed by atoms with E-state index < -0.39 is 0 Å². The number of thioether (sulfide) groups is 1. The lowest BCUT2D eigenvalue weighted by Crippen LogP contribution is -2.41. The number of aromatic amines is 1. The number of para-hydroxylation sites is 2. The van der Waals surface area contributed by atoms with Gasteiger partial charge in [-0.25, -0.2) is 9.36 Å². The molecular weight excluding hydrogens is 286 g/mol. The van der Waals surface area contributed by atoms with E-state index in [-0.39, 0.29) is 11.2 Å². The van der Waals surface area contributed by atoms with Gasteiger partial charge in [0, 0.05) is 5.54 Å². The van der Waals surface area contributed by atoms with Crippen LogP contribution in [0.2, 0.25) is 0 Å². The first-order valence-corrected chi connectivity index (χ1v) is 7.68. The van der Waals surface area contributed by atoms with Crippen LogP contribution in [0, 0.1) is 0 Å². The molecule has 1 aliphatic heterocycles.